The number of hydrogen-bond acceptors (Lipinski definition) is 11. The fourth-order valence-corrected chi connectivity index (χ4v) is 6.03. The predicted octanol–water partition coefficient (Wildman–Crippen LogP) is 2.77. The van der Waals surface area contributed by atoms with Gasteiger partial charge in [-0.2, -0.15) is 10.1 Å². The van der Waals surface area contributed by atoms with Crippen molar-refractivity contribution in [2.24, 2.45) is 0 Å². The van der Waals surface area contributed by atoms with Crippen LogP contribution < -0.4 is 21.0 Å². The standard InChI is InChI=1S/C25H35N4O9P/c1-15(2)34-22(30)16(3)28-39(32,37-17-10-8-7-9-11-17)33-14-18-25(6)20(36-24(4,5)38-25)21(35-18)29-13-12-19(26)27-23(29)31/h7-13,15-16,18,20-21H,14H2,1-6H3,(H,28,32)(H2,26,27,31)/t16-,18+,20-,21+,25-,39?/m0/s1. The van der Waals surface area contributed by atoms with Gasteiger partial charge in [0.05, 0.1) is 12.7 Å². The Morgan fingerprint density at radius 2 is 1.90 bits per heavy atom. The second-order valence-corrected chi connectivity index (χ2v) is 12.0. The van der Waals surface area contributed by atoms with Crippen LogP contribution in [-0.4, -0.2) is 57.9 Å². The Kier molecular flexibility index (Phi) is 8.23. The third-order valence-electron chi connectivity index (χ3n) is 6.19. The SMILES string of the molecule is CC(C)OC(=O)[C@H](C)NP(=O)(OC[C@H]1O[C@@H](n2ccc(N)nc2=O)[C@@H]2OC(C)(C)O[C@@]12C)Oc1ccccc1. The summed E-state index contributed by atoms with van der Waals surface area (Å²) in [5, 5.41) is 2.65. The van der Waals surface area contributed by atoms with Crippen LogP contribution in [0.5, 0.6) is 5.75 Å². The number of carbonyl (C=O) groups is 1. The number of esters is 1. The summed E-state index contributed by atoms with van der Waals surface area (Å²) in [7, 11) is -4.18. The molecule has 0 bridgehead atoms. The molecule has 2 aromatic rings. The van der Waals surface area contributed by atoms with Gasteiger partial charge in [0.1, 0.15) is 35.4 Å². The van der Waals surface area contributed by atoms with Gasteiger partial charge in [-0.25, -0.2) is 9.36 Å². The van der Waals surface area contributed by atoms with Crippen molar-refractivity contribution in [3.8, 4) is 5.75 Å². The lowest BCUT2D eigenvalue weighted by Gasteiger charge is -2.30. The van der Waals surface area contributed by atoms with Crippen molar-refractivity contribution in [2.45, 2.75) is 83.5 Å². The number of benzene rings is 1. The molecule has 214 valence electrons. The van der Waals surface area contributed by atoms with Crippen LogP contribution in [0.4, 0.5) is 5.82 Å². The Morgan fingerprint density at radius 3 is 2.54 bits per heavy atom. The predicted molar refractivity (Wildman–Crippen MR) is 140 cm³/mol. The third-order valence-corrected chi connectivity index (χ3v) is 7.83. The maximum atomic E-state index is 13.9. The number of nitrogens with two attached hydrogens (primary N) is 1. The van der Waals surface area contributed by atoms with Crippen LogP contribution >= 0.6 is 7.75 Å². The van der Waals surface area contributed by atoms with Crippen molar-refractivity contribution >= 4 is 19.5 Å². The normalized spacial score (nSPS) is 28.0. The topological polar surface area (TPSA) is 162 Å². The van der Waals surface area contributed by atoms with E-state index in [0.29, 0.717) is 0 Å². The molecule has 0 saturated carbocycles. The summed E-state index contributed by atoms with van der Waals surface area (Å²) in [5.74, 6) is -1.31. The highest BCUT2D eigenvalue weighted by Gasteiger charge is 2.64. The van der Waals surface area contributed by atoms with E-state index in [9.17, 15) is 14.2 Å². The van der Waals surface area contributed by atoms with Gasteiger partial charge in [0.2, 0.25) is 0 Å². The highest BCUT2D eigenvalue weighted by atomic mass is 31.2. The van der Waals surface area contributed by atoms with Crippen molar-refractivity contribution in [3.05, 3.63) is 53.1 Å². The first-order valence-corrected chi connectivity index (χ1v) is 14.1. The van der Waals surface area contributed by atoms with Crippen molar-refractivity contribution < 1.29 is 37.4 Å². The number of para-hydroxylation sites is 1. The van der Waals surface area contributed by atoms with Gasteiger partial charge < -0.3 is 29.2 Å². The molecule has 1 unspecified atom stereocenters. The molecule has 2 aliphatic heterocycles. The molecule has 2 fully saturated rings. The number of rotatable bonds is 10. The molecule has 14 heteroatoms. The van der Waals surface area contributed by atoms with Gasteiger partial charge in [-0.05, 0) is 59.7 Å². The van der Waals surface area contributed by atoms with Crippen molar-refractivity contribution in [1.82, 2.24) is 14.6 Å². The van der Waals surface area contributed by atoms with Crippen LogP contribution in [0.15, 0.2) is 47.4 Å². The number of nitrogen functional groups attached to an aromatic ring is 1. The van der Waals surface area contributed by atoms with Gasteiger partial charge in [-0.15, -0.1) is 0 Å². The summed E-state index contributed by atoms with van der Waals surface area (Å²) in [6, 6.07) is 8.84. The van der Waals surface area contributed by atoms with Crippen molar-refractivity contribution in [3.63, 3.8) is 0 Å². The van der Waals surface area contributed by atoms with E-state index in [1.807, 2.05) is 0 Å². The average molecular weight is 567 g/mol. The molecule has 0 spiro atoms. The van der Waals surface area contributed by atoms with Crippen LogP contribution in [0.25, 0.3) is 0 Å². The van der Waals surface area contributed by atoms with Gasteiger partial charge in [-0.1, -0.05) is 18.2 Å². The first kappa shape index (κ1) is 29.2. The molecule has 6 atom stereocenters. The molecule has 3 heterocycles. The third kappa shape index (κ3) is 6.51. The molecule has 2 aliphatic rings. The zero-order valence-corrected chi connectivity index (χ0v) is 23.6. The second-order valence-electron chi connectivity index (χ2n) is 10.3. The molecule has 1 aromatic carbocycles. The Balaban J connectivity index is 1.59. The van der Waals surface area contributed by atoms with Crippen LogP contribution in [0, 0.1) is 0 Å². The summed E-state index contributed by atoms with van der Waals surface area (Å²) in [4.78, 5) is 28.8. The number of nitrogens with one attached hydrogen (secondary N) is 1. The minimum atomic E-state index is -4.18. The van der Waals surface area contributed by atoms with Crippen LogP contribution in [-0.2, 0) is 32.8 Å². The van der Waals surface area contributed by atoms with Gasteiger partial charge in [-0.3, -0.25) is 13.9 Å². The van der Waals surface area contributed by atoms with Crippen molar-refractivity contribution in [1.29, 1.82) is 0 Å². The maximum Gasteiger partial charge on any atom is 0.459 e. The lowest BCUT2D eigenvalue weighted by atomic mass is 9.95. The first-order valence-electron chi connectivity index (χ1n) is 12.6. The van der Waals surface area contributed by atoms with E-state index in [0.717, 1.165) is 0 Å². The lowest BCUT2D eigenvalue weighted by molar-refractivity contribution is -0.214. The Labute approximate surface area is 226 Å². The van der Waals surface area contributed by atoms with Crippen LogP contribution in [0.1, 0.15) is 47.8 Å². The van der Waals surface area contributed by atoms with Crippen molar-refractivity contribution in [2.75, 3.05) is 12.3 Å². The number of nitrogens with zero attached hydrogens (tertiary/aromatic N) is 2. The molecule has 2 saturated heterocycles. The van der Waals surface area contributed by atoms with Gasteiger partial charge in [0.25, 0.3) is 0 Å². The largest absolute Gasteiger partial charge is 0.462 e. The number of carbonyl (C=O) groups excluding carboxylic acids is 1. The number of aromatic nitrogens is 2. The van der Waals surface area contributed by atoms with Gasteiger partial charge in [0.15, 0.2) is 12.0 Å². The molecule has 0 radical (unpaired) electrons. The quantitative estimate of drug-likeness (QED) is 0.320. The Morgan fingerprint density at radius 1 is 1.21 bits per heavy atom. The zero-order valence-electron chi connectivity index (χ0n) is 22.7. The summed E-state index contributed by atoms with van der Waals surface area (Å²) in [5.41, 5.74) is 3.90. The summed E-state index contributed by atoms with van der Waals surface area (Å²) < 4.78 is 50.5. The molecular weight excluding hydrogens is 531 g/mol. The molecule has 1 aromatic heterocycles. The van der Waals surface area contributed by atoms with E-state index in [4.69, 9.17) is 33.7 Å². The fraction of sp³-hybridized carbons (Fsp3) is 0.560. The number of fused-ring (bicyclic) bond motifs is 1. The van der Waals surface area contributed by atoms with Crippen LogP contribution in [0.3, 0.4) is 0 Å². The smallest absolute Gasteiger partial charge is 0.459 e. The molecule has 13 nitrogen and oxygen atoms in total. The fourth-order valence-electron chi connectivity index (χ4n) is 4.54. The maximum absolute atomic E-state index is 13.9. The highest BCUT2D eigenvalue weighted by Crippen LogP contribution is 2.52. The highest BCUT2D eigenvalue weighted by molar-refractivity contribution is 7.52. The minimum absolute atomic E-state index is 0.0657. The molecule has 4 rings (SSSR count). The number of ether oxygens (including phenoxy) is 4. The van der Waals surface area contributed by atoms with E-state index in [-0.39, 0.29) is 24.3 Å². The molecular formula is C25H35N4O9P. The van der Waals surface area contributed by atoms with E-state index in [1.165, 1.54) is 23.8 Å². The molecule has 39 heavy (non-hydrogen) atoms. The monoisotopic (exact) mass is 566 g/mol. The summed E-state index contributed by atoms with van der Waals surface area (Å²) >= 11 is 0. The second kappa shape index (κ2) is 11.0. The molecule has 0 amide bonds. The Bertz CT molecular complexity index is 1290. The summed E-state index contributed by atoms with van der Waals surface area (Å²) in [6.45, 7) is 9.84. The first-order chi connectivity index (χ1) is 18.2. The lowest BCUT2D eigenvalue weighted by Crippen LogP contribution is -2.46. The minimum Gasteiger partial charge on any atom is -0.462 e. The number of hydrogen-bond donors (Lipinski definition) is 2. The molecule has 3 N–H and O–H groups in total. The van der Waals surface area contributed by atoms with E-state index >= 15 is 0 Å². The van der Waals surface area contributed by atoms with Crippen LogP contribution in [0.2, 0.25) is 0 Å². The molecule has 0 aliphatic carbocycles. The zero-order chi connectivity index (χ0) is 28.6. The Hall–Kier alpha value is -2.80. The van der Waals surface area contributed by atoms with Gasteiger partial charge in [0, 0.05) is 6.20 Å². The average Bonchev–Trinajstić information content (AvgIpc) is 3.23. The van der Waals surface area contributed by atoms with E-state index in [1.54, 1.807) is 65.0 Å². The van der Waals surface area contributed by atoms with E-state index in [2.05, 4.69) is 10.1 Å². The number of anilines is 1. The summed E-state index contributed by atoms with van der Waals surface area (Å²) in [6.07, 6.45) is -1.46. The van der Waals surface area contributed by atoms with E-state index < -0.39 is 55.3 Å². The van der Waals surface area contributed by atoms with Gasteiger partial charge >= 0.3 is 19.4 Å².